The molecule has 180 valence electrons. The van der Waals surface area contributed by atoms with E-state index in [9.17, 15) is 22.4 Å². The van der Waals surface area contributed by atoms with Crippen LogP contribution in [0.4, 0.5) is 10.1 Å². The minimum absolute atomic E-state index is 0.0786. The number of hydrogen-bond donors (Lipinski definition) is 2. The topological polar surface area (TPSA) is 116 Å². The number of hydroxylamine groups is 1. The maximum Gasteiger partial charge on any atom is 0.245 e. The first-order chi connectivity index (χ1) is 16.2. The van der Waals surface area contributed by atoms with Crippen LogP contribution in [0.1, 0.15) is 25.8 Å². The molecule has 1 atom stereocenters. The minimum Gasteiger partial charge on any atom is -0.481 e. The SMILES string of the molecule is CC#CCOc1ccc(S(=O)(=O)N2Cc3cc(F)ccc3N(C(C)=O)CC2CC(=O)NO)cc1. The van der Waals surface area contributed by atoms with Crippen LogP contribution in [0.2, 0.25) is 0 Å². The van der Waals surface area contributed by atoms with Gasteiger partial charge in [0.1, 0.15) is 18.2 Å². The van der Waals surface area contributed by atoms with Crippen LogP contribution in [-0.2, 0) is 26.2 Å². The number of anilines is 1. The number of amides is 2. The Labute approximate surface area is 197 Å². The molecule has 1 unspecified atom stereocenters. The number of ether oxygens (including phenoxy) is 1. The third kappa shape index (κ3) is 5.53. The molecule has 0 fully saturated rings. The Hall–Kier alpha value is -3.46. The Bertz CT molecular complexity index is 1240. The van der Waals surface area contributed by atoms with Crippen LogP contribution in [-0.4, -0.2) is 48.9 Å². The van der Waals surface area contributed by atoms with E-state index < -0.39 is 40.1 Å². The Balaban J connectivity index is 2.04. The first kappa shape index (κ1) is 25.2. The van der Waals surface area contributed by atoms with Crippen LogP contribution < -0.4 is 15.1 Å². The summed E-state index contributed by atoms with van der Waals surface area (Å²) in [6.45, 7) is 2.66. The standard InChI is InChI=1S/C23H24FN3O6S/c1-3-4-11-33-20-6-8-21(9-7-20)34(31,32)27-14-17-12-18(24)5-10-22(17)26(16(2)28)15-19(27)13-23(29)25-30/h5-10,12,19,30H,11,13-15H2,1-2H3,(H,25,29). The van der Waals surface area contributed by atoms with E-state index in [1.807, 2.05) is 0 Å². The Morgan fingerprint density at radius 1 is 1.24 bits per heavy atom. The fourth-order valence-electron chi connectivity index (χ4n) is 3.68. The lowest BCUT2D eigenvalue weighted by molar-refractivity contribution is -0.130. The summed E-state index contributed by atoms with van der Waals surface area (Å²) < 4.78 is 47.8. The van der Waals surface area contributed by atoms with Crippen molar-refractivity contribution in [3.63, 3.8) is 0 Å². The van der Waals surface area contributed by atoms with Crippen molar-refractivity contribution in [2.75, 3.05) is 18.1 Å². The fourth-order valence-corrected chi connectivity index (χ4v) is 5.28. The molecule has 2 amide bonds. The van der Waals surface area contributed by atoms with E-state index in [1.165, 1.54) is 53.7 Å². The summed E-state index contributed by atoms with van der Waals surface area (Å²) in [7, 11) is -4.21. The second-order valence-corrected chi connectivity index (χ2v) is 9.42. The summed E-state index contributed by atoms with van der Waals surface area (Å²) in [4.78, 5) is 25.6. The van der Waals surface area contributed by atoms with Gasteiger partial charge in [0.2, 0.25) is 21.8 Å². The molecule has 0 aliphatic carbocycles. The second-order valence-electron chi connectivity index (χ2n) is 7.53. The molecule has 1 heterocycles. The van der Waals surface area contributed by atoms with E-state index in [0.717, 1.165) is 10.4 Å². The number of nitrogens with zero attached hydrogens (tertiary/aromatic N) is 2. The lowest BCUT2D eigenvalue weighted by atomic mass is 10.1. The van der Waals surface area contributed by atoms with Gasteiger partial charge in [-0.3, -0.25) is 14.8 Å². The number of sulfonamides is 1. The molecule has 0 saturated carbocycles. The van der Waals surface area contributed by atoms with Crippen molar-refractivity contribution < 1.29 is 32.3 Å². The summed E-state index contributed by atoms with van der Waals surface area (Å²) in [5, 5.41) is 9.03. The van der Waals surface area contributed by atoms with Crippen LogP contribution in [0.5, 0.6) is 5.75 Å². The highest BCUT2D eigenvalue weighted by molar-refractivity contribution is 7.89. The van der Waals surface area contributed by atoms with Gasteiger partial charge in [0.15, 0.2) is 0 Å². The number of hydrogen-bond acceptors (Lipinski definition) is 6. The summed E-state index contributed by atoms with van der Waals surface area (Å²) in [6.07, 6.45) is -0.424. The van der Waals surface area contributed by atoms with Gasteiger partial charge in [0.05, 0.1) is 10.9 Å². The van der Waals surface area contributed by atoms with Crippen molar-refractivity contribution >= 4 is 27.5 Å². The molecular weight excluding hydrogens is 465 g/mol. The summed E-state index contributed by atoms with van der Waals surface area (Å²) in [5.74, 6) is 4.02. The number of carbonyl (C=O) groups excluding carboxylic acids is 2. The maximum atomic E-state index is 14.0. The number of benzene rings is 2. The number of fused-ring (bicyclic) bond motifs is 1. The molecule has 0 aromatic heterocycles. The van der Waals surface area contributed by atoms with Crippen LogP contribution in [0.15, 0.2) is 47.4 Å². The summed E-state index contributed by atoms with van der Waals surface area (Å²) in [6, 6.07) is 8.37. The molecule has 0 radical (unpaired) electrons. The lowest BCUT2D eigenvalue weighted by Gasteiger charge is -2.30. The Morgan fingerprint density at radius 2 is 1.94 bits per heavy atom. The van der Waals surface area contributed by atoms with Crippen molar-refractivity contribution in [3.05, 3.63) is 53.8 Å². The van der Waals surface area contributed by atoms with E-state index in [-0.39, 0.29) is 30.2 Å². The molecule has 2 N–H and O–H groups in total. The fraction of sp³-hybridized carbons (Fsp3) is 0.304. The van der Waals surface area contributed by atoms with Gasteiger partial charge in [-0.25, -0.2) is 18.3 Å². The third-order valence-corrected chi connectivity index (χ3v) is 7.22. The number of rotatable bonds is 6. The zero-order valence-corrected chi connectivity index (χ0v) is 19.4. The first-order valence-electron chi connectivity index (χ1n) is 10.3. The van der Waals surface area contributed by atoms with Crippen molar-refractivity contribution in [1.29, 1.82) is 0 Å². The predicted molar refractivity (Wildman–Crippen MR) is 121 cm³/mol. The lowest BCUT2D eigenvalue weighted by Crippen LogP contribution is -2.47. The highest BCUT2D eigenvalue weighted by atomic mass is 32.2. The van der Waals surface area contributed by atoms with Crippen molar-refractivity contribution in [2.45, 2.75) is 37.8 Å². The predicted octanol–water partition coefficient (Wildman–Crippen LogP) is 2.05. The van der Waals surface area contributed by atoms with Gasteiger partial charge >= 0.3 is 0 Å². The van der Waals surface area contributed by atoms with E-state index in [4.69, 9.17) is 9.94 Å². The monoisotopic (exact) mass is 489 g/mol. The average molecular weight is 490 g/mol. The second kappa shape index (κ2) is 10.6. The molecule has 11 heteroatoms. The number of halogens is 1. The zero-order valence-electron chi connectivity index (χ0n) is 18.6. The first-order valence-corrected chi connectivity index (χ1v) is 11.7. The molecule has 1 aliphatic heterocycles. The maximum absolute atomic E-state index is 14.0. The smallest absolute Gasteiger partial charge is 0.245 e. The molecule has 1 aliphatic rings. The quantitative estimate of drug-likeness (QED) is 0.365. The minimum atomic E-state index is -4.21. The average Bonchev–Trinajstić information content (AvgIpc) is 2.96. The molecule has 0 bridgehead atoms. The van der Waals surface area contributed by atoms with Crippen molar-refractivity contribution in [3.8, 4) is 17.6 Å². The molecule has 3 rings (SSSR count). The van der Waals surface area contributed by atoms with Crippen molar-refractivity contribution in [2.24, 2.45) is 0 Å². The highest BCUT2D eigenvalue weighted by Gasteiger charge is 2.38. The van der Waals surface area contributed by atoms with Gasteiger partial charge in [0, 0.05) is 32.1 Å². The van der Waals surface area contributed by atoms with Crippen LogP contribution >= 0.6 is 0 Å². The van der Waals surface area contributed by atoms with E-state index in [0.29, 0.717) is 11.4 Å². The van der Waals surface area contributed by atoms with Crippen LogP contribution in [0, 0.1) is 17.7 Å². The Kier molecular flexibility index (Phi) is 7.88. The van der Waals surface area contributed by atoms with E-state index >= 15 is 0 Å². The van der Waals surface area contributed by atoms with Crippen LogP contribution in [0.3, 0.4) is 0 Å². The third-order valence-electron chi connectivity index (χ3n) is 5.30. The van der Waals surface area contributed by atoms with Gasteiger partial charge in [-0.2, -0.15) is 4.31 Å². The molecule has 0 spiro atoms. The summed E-state index contributed by atoms with van der Waals surface area (Å²) in [5.41, 5.74) is 2.12. The van der Waals surface area contributed by atoms with Gasteiger partial charge < -0.3 is 9.64 Å². The molecule has 0 saturated heterocycles. The number of nitrogens with one attached hydrogen (secondary N) is 1. The van der Waals surface area contributed by atoms with E-state index in [1.54, 1.807) is 6.92 Å². The van der Waals surface area contributed by atoms with Gasteiger partial charge in [-0.05, 0) is 55.0 Å². The van der Waals surface area contributed by atoms with Crippen molar-refractivity contribution in [1.82, 2.24) is 9.79 Å². The molecule has 9 nitrogen and oxygen atoms in total. The Morgan fingerprint density at radius 3 is 2.56 bits per heavy atom. The molecule has 2 aromatic rings. The zero-order chi connectivity index (χ0) is 24.9. The van der Waals surface area contributed by atoms with Gasteiger partial charge in [-0.1, -0.05) is 5.92 Å². The van der Waals surface area contributed by atoms with Crippen LogP contribution in [0.25, 0.3) is 0 Å². The number of carbonyl (C=O) groups is 2. The summed E-state index contributed by atoms with van der Waals surface area (Å²) >= 11 is 0. The van der Waals surface area contributed by atoms with Gasteiger partial charge in [0.25, 0.3) is 0 Å². The van der Waals surface area contributed by atoms with E-state index in [2.05, 4.69) is 11.8 Å². The van der Waals surface area contributed by atoms with Gasteiger partial charge in [-0.15, -0.1) is 5.92 Å². The highest BCUT2D eigenvalue weighted by Crippen LogP contribution is 2.33. The molecule has 2 aromatic carbocycles. The molecule has 34 heavy (non-hydrogen) atoms. The normalized spacial score (nSPS) is 16.0. The largest absolute Gasteiger partial charge is 0.481 e. The molecular formula is C23H24FN3O6S.